The maximum atomic E-state index is 12.8. The fourth-order valence-corrected chi connectivity index (χ4v) is 4.51. The van der Waals surface area contributed by atoms with Crippen molar-refractivity contribution in [3.63, 3.8) is 0 Å². The summed E-state index contributed by atoms with van der Waals surface area (Å²) in [6.07, 6.45) is 7.40. The highest BCUT2D eigenvalue weighted by Crippen LogP contribution is 2.29. The van der Waals surface area contributed by atoms with E-state index in [-0.39, 0.29) is 17.2 Å². The van der Waals surface area contributed by atoms with Gasteiger partial charge in [-0.05, 0) is 43.4 Å². The third-order valence-electron chi connectivity index (χ3n) is 4.98. The molecule has 28 heavy (non-hydrogen) atoms. The van der Waals surface area contributed by atoms with E-state index in [1.807, 2.05) is 42.5 Å². The SMILES string of the molecule is O=C(CSc1nc(=O)n(Cc2ccncc2)c2c1CCCC2)c1ccccc1. The van der Waals surface area contributed by atoms with Gasteiger partial charge in [0.15, 0.2) is 5.78 Å². The lowest BCUT2D eigenvalue weighted by Gasteiger charge is -2.22. The van der Waals surface area contributed by atoms with E-state index in [4.69, 9.17) is 0 Å². The number of ketones is 1. The van der Waals surface area contributed by atoms with Gasteiger partial charge < -0.3 is 0 Å². The van der Waals surface area contributed by atoms with E-state index in [0.717, 1.165) is 47.5 Å². The van der Waals surface area contributed by atoms with E-state index in [1.54, 1.807) is 17.0 Å². The van der Waals surface area contributed by atoms with Crippen molar-refractivity contribution in [1.82, 2.24) is 14.5 Å². The lowest BCUT2D eigenvalue weighted by Crippen LogP contribution is -2.30. The van der Waals surface area contributed by atoms with E-state index in [0.29, 0.717) is 12.1 Å². The number of rotatable bonds is 6. The molecule has 0 unspecified atom stereocenters. The molecule has 1 aliphatic rings. The number of fused-ring (bicyclic) bond motifs is 1. The number of carbonyl (C=O) groups excluding carboxylic acids is 1. The molecule has 1 aromatic carbocycles. The number of hydrogen-bond acceptors (Lipinski definition) is 5. The zero-order chi connectivity index (χ0) is 19.3. The predicted molar refractivity (Wildman–Crippen MR) is 110 cm³/mol. The van der Waals surface area contributed by atoms with Crippen molar-refractivity contribution in [2.75, 3.05) is 5.75 Å². The summed E-state index contributed by atoms with van der Waals surface area (Å²) in [5.41, 5.74) is 3.68. The fourth-order valence-electron chi connectivity index (χ4n) is 3.54. The molecule has 4 rings (SSSR count). The molecular weight excluding hydrogens is 370 g/mol. The van der Waals surface area contributed by atoms with Gasteiger partial charge in [-0.2, -0.15) is 4.98 Å². The summed E-state index contributed by atoms with van der Waals surface area (Å²) in [6.45, 7) is 0.505. The Balaban J connectivity index is 1.61. The fraction of sp³-hybridized carbons (Fsp3) is 0.273. The first-order valence-electron chi connectivity index (χ1n) is 9.45. The standard InChI is InChI=1S/C22H21N3O2S/c26-20(17-6-2-1-3-7-17)15-28-21-18-8-4-5-9-19(18)25(22(27)24-21)14-16-10-12-23-13-11-16/h1-3,6-7,10-13H,4-5,8-9,14-15H2. The van der Waals surface area contributed by atoms with Gasteiger partial charge in [0.2, 0.25) is 0 Å². The molecule has 0 bridgehead atoms. The molecule has 1 aliphatic carbocycles. The molecule has 2 heterocycles. The highest BCUT2D eigenvalue weighted by atomic mass is 32.2. The van der Waals surface area contributed by atoms with Crippen LogP contribution in [0.25, 0.3) is 0 Å². The highest BCUT2D eigenvalue weighted by Gasteiger charge is 2.21. The van der Waals surface area contributed by atoms with Gasteiger partial charge in [-0.3, -0.25) is 14.3 Å². The molecule has 0 amide bonds. The van der Waals surface area contributed by atoms with Gasteiger partial charge in [-0.1, -0.05) is 42.1 Å². The van der Waals surface area contributed by atoms with Crippen molar-refractivity contribution < 1.29 is 4.79 Å². The van der Waals surface area contributed by atoms with E-state index >= 15 is 0 Å². The van der Waals surface area contributed by atoms with E-state index in [1.165, 1.54) is 11.8 Å². The monoisotopic (exact) mass is 391 g/mol. The quantitative estimate of drug-likeness (QED) is 0.365. The van der Waals surface area contributed by atoms with Crippen LogP contribution in [-0.4, -0.2) is 26.1 Å². The summed E-state index contributed by atoms with van der Waals surface area (Å²) in [4.78, 5) is 33.6. The number of hydrogen-bond donors (Lipinski definition) is 0. The van der Waals surface area contributed by atoms with Crippen LogP contribution in [0.4, 0.5) is 0 Å². The number of aromatic nitrogens is 3. The Labute approximate surface area is 167 Å². The maximum absolute atomic E-state index is 12.8. The first-order chi connectivity index (χ1) is 13.7. The number of nitrogens with zero attached hydrogens (tertiary/aromatic N) is 3. The van der Waals surface area contributed by atoms with Gasteiger partial charge in [-0.25, -0.2) is 4.79 Å². The second kappa shape index (κ2) is 8.52. The molecule has 0 spiro atoms. The molecule has 0 radical (unpaired) electrons. The van der Waals surface area contributed by atoms with Gasteiger partial charge in [0.25, 0.3) is 0 Å². The Hall–Kier alpha value is -2.73. The van der Waals surface area contributed by atoms with E-state index < -0.39 is 0 Å². The minimum absolute atomic E-state index is 0.0536. The Morgan fingerprint density at radius 2 is 1.79 bits per heavy atom. The van der Waals surface area contributed by atoms with Crippen molar-refractivity contribution in [3.8, 4) is 0 Å². The summed E-state index contributed by atoms with van der Waals surface area (Å²) in [6, 6.07) is 13.1. The molecule has 0 saturated heterocycles. The first kappa shape index (κ1) is 18.6. The average molecular weight is 391 g/mol. The zero-order valence-electron chi connectivity index (χ0n) is 15.5. The van der Waals surface area contributed by atoms with Crippen LogP contribution in [0.5, 0.6) is 0 Å². The van der Waals surface area contributed by atoms with Gasteiger partial charge in [0, 0.05) is 29.2 Å². The van der Waals surface area contributed by atoms with Crippen LogP contribution < -0.4 is 5.69 Å². The number of pyridine rings is 1. The number of thioether (sulfide) groups is 1. The molecule has 3 aromatic rings. The second-order valence-electron chi connectivity index (χ2n) is 6.85. The molecule has 5 nitrogen and oxygen atoms in total. The largest absolute Gasteiger partial charge is 0.349 e. The maximum Gasteiger partial charge on any atom is 0.349 e. The minimum atomic E-state index is -0.243. The summed E-state index contributed by atoms with van der Waals surface area (Å²) in [5, 5.41) is 0.718. The van der Waals surface area contributed by atoms with E-state index in [2.05, 4.69) is 9.97 Å². The van der Waals surface area contributed by atoms with Crippen LogP contribution in [-0.2, 0) is 19.4 Å². The van der Waals surface area contributed by atoms with Crippen LogP contribution in [0.1, 0.15) is 40.0 Å². The molecule has 6 heteroatoms. The first-order valence-corrected chi connectivity index (χ1v) is 10.4. The topological polar surface area (TPSA) is 64.8 Å². The summed E-state index contributed by atoms with van der Waals surface area (Å²) < 4.78 is 1.78. The van der Waals surface area contributed by atoms with Gasteiger partial charge in [0.1, 0.15) is 5.03 Å². The van der Waals surface area contributed by atoms with Crippen LogP contribution in [0.3, 0.4) is 0 Å². The van der Waals surface area contributed by atoms with Crippen molar-refractivity contribution >= 4 is 17.5 Å². The van der Waals surface area contributed by atoms with E-state index in [9.17, 15) is 9.59 Å². The normalized spacial score (nSPS) is 13.1. The molecule has 2 aromatic heterocycles. The van der Waals surface area contributed by atoms with Crippen LogP contribution in [0, 0.1) is 0 Å². The molecule has 142 valence electrons. The zero-order valence-corrected chi connectivity index (χ0v) is 16.3. The summed E-state index contributed by atoms with van der Waals surface area (Å²) >= 11 is 1.38. The lowest BCUT2D eigenvalue weighted by molar-refractivity contribution is 0.102. The smallest absolute Gasteiger partial charge is 0.293 e. The predicted octanol–water partition coefficient (Wildman–Crippen LogP) is 3.54. The van der Waals surface area contributed by atoms with Gasteiger partial charge >= 0.3 is 5.69 Å². The van der Waals surface area contributed by atoms with Crippen LogP contribution in [0.2, 0.25) is 0 Å². The number of Topliss-reactive ketones (excluding diaryl/α,β-unsaturated/α-hetero) is 1. The third kappa shape index (κ3) is 4.07. The minimum Gasteiger partial charge on any atom is -0.293 e. The van der Waals surface area contributed by atoms with Gasteiger partial charge in [0.05, 0.1) is 12.3 Å². The number of carbonyl (C=O) groups is 1. The van der Waals surface area contributed by atoms with Crippen molar-refractivity contribution in [2.45, 2.75) is 37.3 Å². The molecule has 0 N–H and O–H groups in total. The van der Waals surface area contributed by atoms with Crippen molar-refractivity contribution in [3.05, 3.63) is 87.7 Å². The summed E-state index contributed by atoms with van der Waals surface area (Å²) in [7, 11) is 0. The lowest BCUT2D eigenvalue weighted by atomic mass is 9.97. The van der Waals surface area contributed by atoms with Crippen LogP contribution in [0.15, 0.2) is 64.7 Å². The second-order valence-corrected chi connectivity index (χ2v) is 7.82. The highest BCUT2D eigenvalue weighted by molar-refractivity contribution is 8.00. The number of benzene rings is 1. The van der Waals surface area contributed by atoms with Gasteiger partial charge in [-0.15, -0.1) is 0 Å². The average Bonchev–Trinajstić information content (AvgIpc) is 2.75. The summed E-state index contributed by atoms with van der Waals surface area (Å²) in [5.74, 6) is 0.343. The Morgan fingerprint density at radius 3 is 2.57 bits per heavy atom. The Kier molecular flexibility index (Phi) is 5.67. The third-order valence-corrected chi connectivity index (χ3v) is 5.99. The Bertz CT molecular complexity index is 1030. The molecule has 0 fully saturated rings. The molecule has 0 aliphatic heterocycles. The Morgan fingerprint density at radius 1 is 1.04 bits per heavy atom. The molecule has 0 saturated carbocycles. The van der Waals surface area contributed by atoms with Crippen molar-refractivity contribution in [2.24, 2.45) is 0 Å². The molecule has 0 atom stereocenters. The molecular formula is C22H21N3O2S. The van der Waals surface area contributed by atoms with Crippen molar-refractivity contribution in [1.29, 1.82) is 0 Å². The van der Waals surface area contributed by atoms with Crippen LogP contribution >= 0.6 is 11.8 Å².